The van der Waals surface area contributed by atoms with E-state index in [0.717, 1.165) is 41.4 Å². The van der Waals surface area contributed by atoms with Gasteiger partial charge in [-0.1, -0.05) is 55.8 Å². The van der Waals surface area contributed by atoms with Gasteiger partial charge >= 0.3 is 0 Å². The number of nitrogens with one attached hydrogen (secondary N) is 1. The summed E-state index contributed by atoms with van der Waals surface area (Å²) in [5.41, 5.74) is 1.99. The molecule has 5 heteroatoms. The smallest absolute Gasteiger partial charge is 0.149 e. The molecule has 2 aromatic carbocycles. The van der Waals surface area contributed by atoms with Crippen molar-refractivity contribution in [3.63, 3.8) is 0 Å². The molecule has 0 radical (unpaired) electrons. The highest BCUT2D eigenvalue weighted by Gasteiger charge is 2.16. The first kappa shape index (κ1) is 19.2. The second kappa shape index (κ2) is 8.87. The van der Waals surface area contributed by atoms with Gasteiger partial charge < -0.3 is 10.1 Å². The van der Waals surface area contributed by atoms with Crippen LogP contribution in [-0.2, 0) is 6.42 Å². The Kier molecular flexibility index (Phi) is 6.30. The number of aromatic nitrogens is 2. The Hall–Kier alpha value is -2.59. The number of rotatable bonds is 7. The molecule has 3 rings (SSSR count). The first-order valence-corrected chi connectivity index (χ1v) is 9.61. The summed E-state index contributed by atoms with van der Waals surface area (Å²) in [6.07, 6.45) is 1.66. The summed E-state index contributed by atoms with van der Waals surface area (Å²) >= 11 is 6.50. The van der Waals surface area contributed by atoms with Gasteiger partial charge in [0.15, 0.2) is 0 Å². The van der Waals surface area contributed by atoms with Gasteiger partial charge in [0.05, 0.1) is 11.7 Å². The Morgan fingerprint density at radius 3 is 2.44 bits per heavy atom. The van der Waals surface area contributed by atoms with Gasteiger partial charge in [-0.25, -0.2) is 9.97 Å². The molecule has 0 saturated carbocycles. The number of hydrogen-bond acceptors (Lipinski definition) is 4. The molecule has 4 nitrogen and oxygen atoms in total. The SMILES string of the molecule is CCc1nc(C)nc(NC(CC)c2cccc(Oc3ccccc3)c2)c1Cl. The van der Waals surface area contributed by atoms with Crippen molar-refractivity contribution < 1.29 is 4.74 Å². The molecule has 0 aliphatic carbocycles. The van der Waals surface area contributed by atoms with Gasteiger partial charge in [0.1, 0.15) is 28.2 Å². The van der Waals surface area contributed by atoms with Crippen LogP contribution in [0.3, 0.4) is 0 Å². The molecular weight excluding hydrogens is 358 g/mol. The van der Waals surface area contributed by atoms with E-state index in [1.807, 2.05) is 56.3 Å². The van der Waals surface area contributed by atoms with E-state index in [9.17, 15) is 0 Å². The molecular formula is C22H24ClN3O. The first-order valence-electron chi connectivity index (χ1n) is 9.23. The van der Waals surface area contributed by atoms with Gasteiger partial charge in [-0.05, 0) is 49.6 Å². The standard InChI is InChI=1S/C22H24ClN3O/c1-4-19(26-22-21(23)20(5-2)24-15(3)25-22)16-10-9-13-18(14-16)27-17-11-7-6-8-12-17/h6-14,19H,4-5H2,1-3H3,(H,24,25,26). The van der Waals surface area contributed by atoms with Crippen molar-refractivity contribution in [1.29, 1.82) is 0 Å². The molecule has 0 bridgehead atoms. The molecule has 1 N–H and O–H groups in total. The van der Waals surface area contributed by atoms with Gasteiger partial charge in [-0.2, -0.15) is 0 Å². The summed E-state index contributed by atoms with van der Waals surface area (Å²) in [6, 6.07) is 17.9. The van der Waals surface area contributed by atoms with Crippen molar-refractivity contribution in [3.05, 3.63) is 76.7 Å². The van der Waals surface area contributed by atoms with E-state index in [4.69, 9.17) is 16.3 Å². The van der Waals surface area contributed by atoms with E-state index < -0.39 is 0 Å². The van der Waals surface area contributed by atoms with Crippen molar-refractivity contribution in [1.82, 2.24) is 9.97 Å². The summed E-state index contributed by atoms with van der Waals surface area (Å²) in [4.78, 5) is 8.91. The van der Waals surface area contributed by atoms with Crippen LogP contribution in [-0.4, -0.2) is 9.97 Å². The lowest BCUT2D eigenvalue weighted by atomic mass is 10.0. The number of aryl methyl sites for hydroxylation is 2. The van der Waals surface area contributed by atoms with Crippen LogP contribution in [0.5, 0.6) is 11.5 Å². The van der Waals surface area contributed by atoms with Crippen molar-refractivity contribution in [2.75, 3.05) is 5.32 Å². The average molecular weight is 382 g/mol. The fourth-order valence-electron chi connectivity index (χ4n) is 2.95. The predicted molar refractivity (Wildman–Crippen MR) is 111 cm³/mol. The maximum Gasteiger partial charge on any atom is 0.149 e. The van der Waals surface area contributed by atoms with Crippen molar-refractivity contribution in [3.8, 4) is 11.5 Å². The molecule has 0 fully saturated rings. The molecule has 0 amide bonds. The van der Waals surface area contributed by atoms with Crippen LogP contribution >= 0.6 is 11.6 Å². The highest BCUT2D eigenvalue weighted by molar-refractivity contribution is 6.33. The van der Waals surface area contributed by atoms with Gasteiger partial charge in [-0.3, -0.25) is 0 Å². The van der Waals surface area contributed by atoms with Gasteiger partial charge in [-0.15, -0.1) is 0 Å². The molecule has 1 atom stereocenters. The monoisotopic (exact) mass is 381 g/mol. The first-order chi connectivity index (χ1) is 13.1. The lowest BCUT2D eigenvalue weighted by Gasteiger charge is -2.20. The normalized spacial score (nSPS) is 11.9. The lowest BCUT2D eigenvalue weighted by molar-refractivity contribution is 0.481. The maximum absolute atomic E-state index is 6.50. The zero-order valence-corrected chi connectivity index (χ0v) is 16.6. The number of halogens is 1. The van der Waals surface area contributed by atoms with Crippen LogP contribution in [0, 0.1) is 6.92 Å². The van der Waals surface area contributed by atoms with Crippen LogP contribution in [0.4, 0.5) is 5.82 Å². The second-order valence-electron chi connectivity index (χ2n) is 6.33. The van der Waals surface area contributed by atoms with Crippen LogP contribution < -0.4 is 10.1 Å². The van der Waals surface area contributed by atoms with E-state index >= 15 is 0 Å². The Balaban J connectivity index is 1.84. The summed E-state index contributed by atoms with van der Waals surface area (Å²) < 4.78 is 5.96. The summed E-state index contributed by atoms with van der Waals surface area (Å²) in [5, 5.41) is 4.08. The Labute approximate surface area is 165 Å². The zero-order valence-electron chi connectivity index (χ0n) is 15.9. The van der Waals surface area contributed by atoms with Gasteiger partial charge in [0, 0.05) is 0 Å². The highest BCUT2D eigenvalue weighted by Crippen LogP contribution is 2.31. The number of nitrogens with zero attached hydrogens (tertiary/aromatic N) is 2. The highest BCUT2D eigenvalue weighted by atomic mass is 35.5. The largest absolute Gasteiger partial charge is 0.457 e. The third-order valence-corrected chi connectivity index (χ3v) is 4.72. The number of ether oxygens (including phenoxy) is 1. The number of hydrogen-bond donors (Lipinski definition) is 1. The summed E-state index contributed by atoms with van der Waals surface area (Å²) in [6.45, 7) is 6.06. The number of benzene rings is 2. The van der Waals surface area contributed by atoms with Crippen LogP contribution in [0.1, 0.15) is 43.4 Å². The van der Waals surface area contributed by atoms with Gasteiger partial charge in [0.25, 0.3) is 0 Å². The Morgan fingerprint density at radius 1 is 1.00 bits per heavy atom. The van der Waals surface area contributed by atoms with Crippen molar-refractivity contribution in [2.24, 2.45) is 0 Å². The maximum atomic E-state index is 6.50. The Morgan fingerprint density at radius 2 is 1.74 bits per heavy atom. The van der Waals surface area contributed by atoms with Crippen molar-refractivity contribution in [2.45, 2.75) is 39.7 Å². The van der Waals surface area contributed by atoms with Crippen LogP contribution in [0.15, 0.2) is 54.6 Å². The van der Waals surface area contributed by atoms with E-state index in [1.165, 1.54) is 0 Å². The molecule has 0 aliphatic heterocycles. The molecule has 0 aliphatic rings. The third kappa shape index (κ3) is 4.77. The number of para-hydroxylation sites is 1. The quantitative estimate of drug-likeness (QED) is 0.517. The minimum Gasteiger partial charge on any atom is -0.457 e. The molecule has 27 heavy (non-hydrogen) atoms. The molecule has 3 aromatic rings. The summed E-state index contributed by atoms with van der Waals surface area (Å²) in [7, 11) is 0. The topological polar surface area (TPSA) is 47.0 Å². The lowest BCUT2D eigenvalue weighted by Crippen LogP contribution is -2.13. The molecule has 140 valence electrons. The van der Waals surface area contributed by atoms with Crippen LogP contribution in [0.25, 0.3) is 0 Å². The van der Waals surface area contributed by atoms with Crippen molar-refractivity contribution >= 4 is 17.4 Å². The molecule has 0 spiro atoms. The Bertz CT molecular complexity index is 899. The fourth-order valence-corrected chi connectivity index (χ4v) is 3.23. The zero-order chi connectivity index (χ0) is 19.2. The average Bonchev–Trinajstić information content (AvgIpc) is 2.69. The molecule has 0 saturated heterocycles. The fraction of sp³-hybridized carbons (Fsp3) is 0.273. The minimum atomic E-state index is 0.0702. The van der Waals surface area contributed by atoms with E-state index in [-0.39, 0.29) is 6.04 Å². The molecule has 1 aromatic heterocycles. The molecule has 1 unspecified atom stereocenters. The number of anilines is 1. The molecule has 1 heterocycles. The van der Waals surface area contributed by atoms with Gasteiger partial charge in [0.2, 0.25) is 0 Å². The van der Waals surface area contributed by atoms with E-state index in [1.54, 1.807) is 0 Å². The second-order valence-corrected chi connectivity index (χ2v) is 6.70. The van der Waals surface area contributed by atoms with E-state index in [0.29, 0.717) is 10.8 Å². The minimum absolute atomic E-state index is 0.0702. The van der Waals surface area contributed by atoms with Crippen LogP contribution in [0.2, 0.25) is 5.02 Å². The third-order valence-electron chi connectivity index (χ3n) is 4.33. The van der Waals surface area contributed by atoms with E-state index in [2.05, 4.69) is 34.3 Å². The summed E-state index contributed by atoms with van der Waals surface area (Å²) in [5.74, 6) is 3.02. The predicted octanol–water partition coefficient (Wildman–Crippen LogP) is 6.36.